The van der Waals surface area contributed by atoms with Crippen molar-refractivity contribution in [2.24, 2.45) is 0 Å². The maximum Gasteiger partial charge on any atom is 0.325 e. The first-order valence-corrected chi connectivity index (χ1v) is 5.95. The van der Waals surface area contributed by atoms with E-state index in [0.29, 0.717) is 6.54 Å². The highest BCUT2D eigenvalue weighted by Crippen LogP contribution is 2.32. The molecule has 1 heterocycles. The van der Waals surface area contributed by atoms with Gasteiger partial charge >= 0.3 is 6.03 Å². The van der Waals surface area contributed by atoms with E-state index in [-0.39, 0.29) is 11.9 Å². The number of hydrogen-bond acceptors (Lipinski definition) is 2. The number of carbonyl (C=O) groups excluding carboxylic acids is 2. The van der Waals surface area contributed by atoms with Gasteiger partial charge in [0, 0.05) is 6.54 Å². The van der Waals surface area contributed by atoms with Crippen molar-refractivity contribution in [2.75, 3.05) is 6.54 Å². The van der Waals surface area contributed by atoms with Gasteiger partial charge in [0.1, 0.15) is 5.54 Å². The van der Waals surface area contributed by atoms with Gasteiger partial charge in [0.25, 0.3) is 5.91 Å². The molecule has 0 atom stereocenters. The molecule has 0 bridgehead atoms. The van der Waals surface area contributed by atoms with Crippen molar-refractivity contribution in [3.8, 4) is 0 Å². The molecule has 2 aliphatic rings. The standard InChI is InChI=1S/C12H18N2O2/c1-2-9-14-10(15)12(13-11(14)16)7-5-3-4-6-8-12/h2H,1,3-9H2,(H,13,16). The third kappa shape index (κ3) is 1.72. The topological polar surface area (TPSA) is 49.4 Å². The number of urea groups is 1. The second-order valence-electron chi connectivity index (χ2n) is 4.63. The lowest BCUT2D eigenvalue weighted by atomic mass is 9.90. The van der Waals surface area contributed by atoms with E-state index in [0.717, 1.165) is 38.5 Å². The Kier molecular flexibility index (Phi) is 2.99. The predicted octanol–water partition coefficient (Wildman–Crippen LogP) is 1.82. The van der Waals surface area contributed by atoms with Gasteiger partial charge in [-0.15, -0.1) is 6.58 Å². The fourth-order valence-electron chi connectivity index (χ4n) is 2.64. The van der Waals surface area contributed by atoms with Crippen LogP contribution in [0, 0.1) is 0 Å². The molecule has 0 unspecified atom stereocenters. The van der Waals surface area contributed by atoms with Gasteiger partial charge in [0.15, 0.2) is 0 Å². The number of nitrogens with one attached hydrogen (secondary N) is 1. The van der Waals surface area contributed by atoms with E-state index in [1.807, 2.05) is 0 Å². The Morgan fingerprint density at radius 1 is 1.25 bits per heavy atom. The summed E-state index contributed by atoms with van der Waals surface area (Å²) >= 11 is 0. The molecule has 1 aliphatic heterocycles. The Morgan fingerprint density at radius 3 is 2.44 bits per heavy atom. The number of amides is 3. The highest BCUT2D eigenvalue weighted by atomic mass is 16.2. The Balaban J connectivity index is 2.19. The average Bonchev–Trinajstić information content (AvgIpc) is 2.48. The van der Waals surface area contributed by atoms with Gasteiger partial charge < -0.3 is 5.32 Å². The SMILES string of the molecule is C=CCN1C(=O)NC2(CCCCCC2)C1=O. The first-order chi connectivity index (χ1) is 7.69. The molecule has 1 N–H and O–H groups in total. The van der Waals surface area contributed by atoms with E-state index >= 15 is 0 Å². The molecule has 1 saturated carbocycles. The maximum absolute atomic E-state index is 12.2. The Bertz CT molecular complexity index is 317. The molecule has 0 aromatic rings. The first-order valence-electron chi connectivity index (χ1n) is 5.95. The molecule has 3 amide bonds. The van der Waals surface area contributed by atoms with Crippen molar-refractivity contribution in [1.82, 2.24) is 10.2 Å². The van der Waals surface area contributed by atoms with Crippen LogP contribution in [0.15, 0.2) is 12.7 Å². The van der Waals surface area contributed by atoms with Gasteiger partial charge in [-0.2, -0.15) is 0 Å². The lowest BCUT2D eigenvalue weighted by molar-refractivity contribution is -0.131. The molecule has 2 rings (SSSR count). The largest absolute Gasteiger partial charge is 0.325 e. The van der Waals surface area contributed by atoms with E-state index in [1.54, 1.807) is 6.08 Å². The average molecular weight is 222 g/mol. The summed E-state index contributed by atoms with van der Waals surface area (Å²) in [4.78, 5) is 25.2. The molecule has 1 aliphatic carbocycles. The summed E-state index contributed by atoms with van der Waals surface area (Å²) in [5, 5.41) is 2.88. The molecule has 16 heavy (non-hydrogen) atoms. The molecule has 0 aromatic heterocycles. The number of imide groups is 1. The molecule has 1 spiro atoms. The third-order valence-electron chi connectivity index (χ3n) is 3.51. The minimum absolute atomic E-state index is 0.0562. The second kappa shape index (κ2) is 4.28. The summed E-state index contributed by atoms with van der Waals surface area (Å²) in [6, 6.07) is -0.258. The van der Waals surface area contributed by atoms with E-state index in [1.165, 1.54) is 4.90 Å². The van der Waals surface area contributed by atoms with Gasteiger partial charge in [0.2, 0.25) is 0 Å². The highest BCUT2D eigenvalue weighted by molar-refractivity contribution is 6.07. The van der Waals surface area contributed by atoms with Crippen LogP contribution in [0.2, 0.25) is 0 Å². The minimum atomic E-state index is -0.601. The van der Waals surface area contributed by atoms with Crippen molar-refractivity contribution < 1.29 is 9.59 Å². The molecule has 4 heteroatoms. The quantitative estimate of drug-likeness (QED) is 0.572. The van der Waals surface area contributed by atoms with Crippen LogP contribution in [0.25, 0.3) is 0 Å². The van der Waals surface area contributed by atoms with E-state index in [9.17, 15) is 9.59 Å². The van der Waals surface area contributed by atoms with Gasteiger partial charge in [-0.1, -0.05) is 31.8 Å². The lowest BCUT2D eigenvalue weighted by Crippen LogP contribution is -2.46. The van der Waals surface area contributed by atoms with Crippen LogP contribution in [0.1, 0.15) is 38.5 Å². The molecule has 2 fully saturated rings. The normalized spacial score (nSPS) is 24.4. The van der Waals surface area contributed by atoms with E-state index in [2.05, 4.69) is 11.9 Å². The summed E-state index contributed by atoms with van der Waals surface area (Å²) < 4.78 is 0. The van der Waals surface area contributed by atoms with Crippen LogP contribution >= 0.6 is 0 Å². The summed E-state index contributed by atoms with van der Waals surface area (Å²) in [6.45, 7) is 3.88. The predicted molar refractivity (Wildman–Crippen MR) is 60.9 cm³/mol. The van der Waals surface area contributed by atoms with Gasteiger partial charge in [0.05, 0.1) is 0 Å². The lowest BCUT2D eigenvalue weighted by Gasteiger charge is -2.24. The van der Waals surface area contributed by atoms with Crippen molar-refractivity contribution in [2.45, 2.75) is 44.1 Å². The van der Waals surface area contributed by atoms with Gasteiger partial charge in [-0.25, -0.2) is 4.79 Å². The van der Waals surface area contributed by atoms with E-state index in [4.69, 9.17) is 0 Å². The molecule has 0 aromatic carbocycles. The van der Waals surface area contributed by atoms with Gasteiger partial charge in [-0.05, 0) is 12.8 Å². The van der Waals surface area contributed by atoms with Crippen molar-refractivity contribution in [3.63, 3.8) is 0 Å². The summed E-state index contributed by atoms with van der Waals surface area (Å²) in [5.74, 6) is -0.0562. The van der Waals surface area contributed by atoms with Crippen LogP contribution in [0.4, 0.5) is 4.79 Å². The molecular formula is C12H18N2O2. The minimum Gasteiger partial charge on any atom is -0.323 e. The number of nitrogens with zero attached hydrogens (tertiary/aromatic N) is 1. The zero-order valence-electron chi connectivity index (χ0n) is 9.50. The Labute approximate surface area is 95.7 Å². The van der Waals surface area contributed by atoms with Crippen molar-refractivity contribution in [1.29, 1.82) is 0 Å². The highest BCUT2D eigenvalue weighted by Gasteiger charge is 2.50. The van der Waals surface area contributed by atoms with E-state index < -0.39 is 5.54 Å². The van der Waals surface area contributed by atoms with Crippen LogP contribution in [-0.2, 0) is 4.79 Å². The second-order valence-corrected chi connectivity index (χ2v) is 4.63. The summed E-state index contributed by atoms with van der Waals surface area (Å²) in [6.07, 6.45) is 7.52. The van der Waals surface area contributed by atoms with Crippen molar-refractivity contribution in [3.05, 3.63) is 12.7 Å². The van der Waals surface area contributed by atoms with Crippen LogP contribution < -0.4 is 5.32 Å². The third-order valence-corrected chi connectivity index (χ3v) is 3.51. The molecule has 88 valence electrons. The Morgan fingerprint density at radius 2 is 1.88 bits per heavy atom. The first kappa shape index (κ1) is 11.2. The molecule has 1 saturated heterocycles. The van der Waals surface area contributed by atoms with Crippen molar-refractivity contribution >= 4 is 11.9 Å². The van der Waals surface area contributed by atoms with Gasteiger partial charge in [-0.3, -0.25) is 9.69 Å². The van der Waals surface area contributed by atoms with Crippen LogP contribution in [0.3, 0.4) is 0 Å². The number of rotatable bonds is 2. The monoisotopic (exact) mass is 222 g/mol. The van der Waals surface area contributed by atoms with Crippen LogP contribution in [-0.4, -0.2) is 28.9 Å². The zero-order chi connectivity index (χ0) is 11.6. The summed E-state index contributed by atoms with van der Waals surface area (Å²) in [5.41, 5.74) is -0.601. The zero-order valence-corrected chi connectivity index (χ0v) is 9.50. The fourth-order valence-corrected chi connectivity index (χ4v) is 2.64. The summed E-state index contributed by atoms with van der Waals surface area (Å²) in [7, 11) is 0. The molecule has 4 nitrogen and oxygen atoms in total. The fraction of sp³-hybridized carbons (Fsp3) is 0.667. The molecular weight excluding hydrogens is 204 g/mol. The van der Waals surface area contributed by atoms with Crippen LogP contribution in [0.5, 0.6) is 0 Å². The Hall–Kier alpha value is -1.32. The maximum atomic E-state index is 12.2. The molecule has 0 radical (unpaired) electrons. The number of hydrogen-bond donors (Lipinski definition) is 1. The smallest absolute Gasteiger partial charge is 0.323 e. The number of carbonyl (C=O) groups is 2.